The van der Waals surface area contributed by atoms with Crippen molar-refractivity contribution in [3.8, 4) is 0 Å². The minimum absolute atomic E-state index is 0. The molecule has 0 unspecified atom stereocenters. The second-order valence-electron chi connectivity index (χ2n) is 2.80. The van der Waals surface area contributed by atoms with Gasteiger partial charge in [0.15, 0.2) is 5.17 Å². The zero-order valence-corrected chi connectivity index (χ0v) is 12.0. The number of hydrogen-bond acceptors (Lipinski definition) is 2. The van der Waals surface area contributed by atoms with Crippen molar-refractivity contribution < 1.29 is 12.4 Å². The van der Waals surface area contributed by atoms with Crippen LogP contribution in [0.25, 0.3) is 0 Å². The molecule has 1 rings (SSSR count). The Morgan fingerprint density at radius 3 is 2.62 bits per heavy atom. The molecule has 0 amide bonds. The molecule has 0 aliphatic carbocycles. The summed E-state index contributed by atoms with van der Waals surface area (Å²) in [6, 6.07) is 5.52. The summed E-state index contributed by atoms with van der Waals surface area (Å²) in [6.45, 7) is 0. The summed E-state index contributed by atoms with van der Waals surface area (Å²) in [7, 11) is 3.60. The molecule has 0 saturated carbocycles. The maximum Gasteiger partial charge on any atom is 0.156 e. The third-order valence-electron chi connectivity index (χ3n) is 1.80. The molecule has 0 bridgehead atoms. The van der Waals surface area contributed by atoms with Crippen molar-refractivity contribution in [2.45, 2.75) is 5.75 Å². The maximum atomic E-state index is 6.04. The van der Waals surface area contributed by atoms with Gasteiger partial charge in [0.05, 0.1) is 0 Å². The van der Waals surface area contributed by atoms with E-state index in [1.165, 1.54) is 0 Å². The smallest absolute Gasteiger partial charge is 0.156 e. The number of nitrogens with zero attached hydrogens (tertiary/aromatic N) is 1. The SMILES string of the molecule is CN=C(NC)SCc1ccc(Cl)cc1Cl.[Cl-]. The first-order valence-corrected chi connectivity index (χ1v) is 6.12. The molecule has 0 heterocycles. The van der Waals surface area contributed by atoms with Crippen LogP contribution in [0.4, 0.5) is 0 Å². The predicted octanol–water partition coefficient (Wildman–Crippen LogP) is 0.436. The van der Waals surface area contributed by atoms with E-state index in [0.29, 0.717) is 10.0 Å². The number of benzene rings is 1. The van der Waals surface area contributed by atoms with E-state index in [4.69, 9.17) is 23.2 Å². The molecule has 0 atom stereocenters. The number of rotatable bonds is 2. The van der Waals surface area contributed by atoms with E-state index in [0.717, 1.165) is 16.5 Å². The van der Waals surface area contributed by atoms with Crippen molar-refractivity contribution >= 4 is 40.1 Å². The molecule has 2 nitrogen and oxygen atoms in total. The van der Waals surface area contributed by atoms with Gasteiger partial charge in [-0.15, -0.1) is 0 Å². The standard InChI is InChI=1S/C10H12Cl2N2S.ClH/c1-13-10(14-2)15-6-7-3-4-8(11)5-9(7)12;/h3-5H,6H2,1-2H3,(H,13,14);1H/p-1. The highest BCUT2D eigenvalue weighted by molar-refractivity contribution is 8.13. The lowest BCUT2D eigenvalue weighted by atomic mass is 10.2. The van der Waals surface area contributed by atoms with Gasteiger partial charge >= 0.3 is 0 Å². The number of amidine groups is 1. The van der Waals surface area contributed by atoms with Crippen LogP contribution in [0, 0.1) is 0 Å². The Morgan fingerprint density at radius 2 is 2.12 bits per heavy atom. The Morgan fingerprint density at radius 1 is 1.44 bits per heavy atom. The molecule has 0 spiro atoms. The third kappa shape index (κ3) is 4.83. The van der Waals surface area contributed by atoms with Crippen LogP contribution in [0.2, 0.25) is 10.0 Å². The van der Waals surface area contributed by atoms with Crippen molar-refractivity contribution in [1.82, 2.24) is 5.32 Å². The monoisotopic (exact) mass is 297 g/mol. The van der Waals surface area contributed by atoms with Gasteiger partial charge in [0.1, 0.15) is 0 Å². The van der Waals surface area contributed by atoms with E-state index in [2.05, 4.69) is 10.3 Å². The molecule has 1 aromatic carbocycles. The van der Waals surface area contributed by atoms with E-state index < -0.39 is 0 Å². The molecule has 1 aromatic rings. The Labute approximate surface area is 116 Å². The van der Waals surface area contributed by atoms with Crippen LogP contribution in [-0.4, -0.2) is 19.3 Å². The van der Waals surface area contributed by atoms with Crippen LogP contribution < -0.4 is 17.7 Å². The fraction of sp³-hybridized carbons (Fsp3) is 0.300. The molecule has 0 aromatic heterocycles. The van der Waals surface area contributed by atoms with Crippen LogP contribution in [0.15, 0.2) is 23.2 Å². The molecule has 0 aliphatic rings. The first-order chi connectivity index (χ1) is 7.17. The van der Waals surface area contributed by atoms with E-state index in [9.17, 15) is 0 Å². The van der Waals surface area contributed by atoms with E-state index in [-0.39, 0.29) is 12.4 Å². The Bertz CT molecular complexity index is 369. The van der Waals surface area contributed by atoms with Gasteiger partial charge in [-0.3, -0.25) is 4.99 Å². The van der Waals surface area contributed by atoms with Crippen LogP contribution in [0.1, 0.15) is 5.56 Å². The van der Waals surface area contributed by atoms with Crippen LogP contribution in [0.5, 0.6) is 0 Å². The predicted molar refractivity (Wildman–Crippen MR) is 70.2 cm³/mol. The van der Waals surface area contributed by atoms with Gasteiger partial charge in [0, 0.05) is 29.9 Å². The summed E-state index contributed by atoms with van der Waals surface area (Å²) >= 11 is 13.5. The van der Waals surface area contributed by atoms with Gasteiger partial charge in [-0.2, -0.15) is 0 Å². The van der Waals surface area contributed by atoms with E-state index >= 15 is 0 Å². The normalized spacial score (nSPS) is 10.9. The van der Waals surface area contributed by atoms with Crippen LogP contribution in [-0.2, 0) is 5.75 Å². The largest absolute Gasteiger partial charge is 1.00 e. The summed E-state index contributed by atoms with van der Waals surface area (Å²) in [5.74, 6) is 0.781. The first-order valence-electron chi connectivity index (χ1n) is 4.38. The Balaban J connectivity index is 0.00000225. The number of halogens is 3. The van der Waals surface area contributed by atoms with Gasteiger partial charge < -0.3 is 17.7 Å². The lowest BCUT2D eigenvalue weighted by Gasteiger charge is -2.06. The topological polar surface area (TPSA) is 24.4 Å². The van der Waals surface area contributed by atoms with Gasteiger partial charge in [-0.25, -0.2) is 0 Å². The average Bonchev–Trinajstić information content (AvgIpc) is 2.22. The summed E-state index contributed by atoms with van der Waals surface area (Å²) in [5.41, 5.74) is 1.06. The third-order valence-corrected chi connectivity index (χ3v) is 3.50. The fourth-order valence-corrected chi connectivity index (χ4v) is 2.41. The minimum Gasteiger partial charge on any atom is -1.00 e. The number of thioether (sulfide) groups is 1. The molecule has 0 saturated heterocycles. The van der Waals surface area contributed by atoms with Crippen molar-refractivity contribution in [2.75, 3.05) is 14.1 Å². The lowest BCUT2D eigenvalue weighted by molar-refractivity contribution is -0.00000294. The van der Waals surface area contributed by atoms with Gasteiger partial charge in [0.2, 0.25) is 0 Å². The van der Waals surface area contributed by atoms with E-state index in [1.807, 2.05) is 19.2 Å². The number of hydrogen-bond donors (Lipinski definition) is 1. The van der Waals surface area contributed by atoms with E-state index in [1.54, 1.807) is 24.9 Å². The number of nitrogens with one attached hydrogen (secondary N) is 1. The first kappa shape index (κ1) is 15.9. The molecular weight excluding hydrogens is 287 g/mol. The molecule has 90 valence electrons. The molecule has 0 aliphatic heterocycles. The summed E-state index contributed by atoms with van der Waals surface area (Å²) in [6.07, 6.45) is 0. The zero-order chi connectivity index (χ0) is 11.3. The second-order valence-corrected chi connectivity index (χ2v) is 4.61. The molecule has 6 heteroatoms. The van der Waals surface area contributed by atoms with Crippen molar-refractivity contribution in [3.05, 3.63) is 33.8 Å². The van der Waals surface area contributed by atoms with Crippen LogP contribution in [0.3, 0.4) is 0 Å². The molecule has 0 fully saturated rings. The highest BCUT2D eigenvalue weighted by Gasteiger charge is 2.03. The quantitative estimate of drug-likeness (QED) is 0.633. The van der Waals surface area contributed by atoms with Gasteiger partial charge in [-0.05, 0) is 17.7 Å². The van der Waals surface area contributed by atoms with Crippen molar-refractivity contribution in [1.29, 1.82) is 0 Å². The summed E-state index contributed by atoms with van der Waals surface area (Å²) in [5, 5.41) is 5.24. The zero-order valence-electron chi connectivity index (χ0n) is 8.93. The minimum atomic E-state index is 0. The van der Waals surface area contributed by atoms with Gasteiger partial charge in [-0.1, -0.05) is 41.0 Å². The highest BCUT2D eigenvalue weighted by atomic mass is 35.5. The highest BCUT2D eigenvalue weighted by Crippen LogP contribution is 2.24. The Hall–Kier alpha value is -0.0900. The van der Waals surface area contributed by atoms with Crippen LogP contribution >= 0.6 is 35.0 Å². The maximum absolute atomic E-state index is 6.04. The molecule has 1 N–H and O–H groups in total. The number of aliphatic imine (C=N–C) groups is 1. The fourth-order valence-electron chi connectivity index (χ4n) is 1.03. The second kappa shape index (κ2) is 8.07. The summed E-state index contributed by atoms with van der Waals surface area (Å²) in [4.78, 5) is 4.07. The molecule has 0 radical (unpaired) electrons. The van der Waals surface area contributed by atoms with Crippen molar-refractivity contribution in [2.24, 2.45) is 4.99 Å². The Kier molecular flexibility index (Phi) is 8.02. The molecular formula is C10H12Cl3N2S-. The molecule has 16 heavy (non-hydrogen) atoms. The average molecular weight is 299 g/mol. The van der Waals surface area contributed by atoms with Gasteiger partial charge in [0.25, 0.3) is 0 Å². The summed E-state index contributed by atoms with van der Waals surface area (Å²) < 4.78 is 0. The van der Waals surface area contributed by atoms with Crippen molar-refractivity contribution in [3.63, 3.8) is 0 Å². The lowest BCUT2D eigenvalue weighted by Crippen LogP contribution is -3.00.